The second-order valence-electron chi connectivity index (χ2n) is 5.76. The van der Waals surface area contributed by atoms with Gasteiger partial charge in [-0.15, -0.1) is 0 Å². The lowest BCUT2D eigenvalue weighted by Crippen LogP contribution is -2.00. The monoisotopic (exact) mass is 337 g/mol. The average Bonchev–Trinajstić information content (AvgIpc) is 2.97. The van der Waals surface area contributed by atoms with Crippen LogP contribution >= 0.6 is 11.8 Å². The number of aryl methyl sites for hydroxylation is 2. The highest BCUT2D eigenvalue weighted by atomic mass is 32.2. The van der Waals surface area contributed by atoms with Crippen LogP contribution < -0.4 is 5.63 Å². The number of nitrogens with zero attached hydrogens (tertiary/aromatic N) is 1. The van der Waals surface area contributed by atoms with Crippen molar-refractivity contribution in [2.45, 2.75) is 24.8 Å². The topological polar surface area (TPSA) is 56.2 Å². The van der Waals surface area contributed by atoms with Gasteiger partial charge in [-0.05, 0) is 54.8 Å². The van der Waals surface area contributed by atoms with Crippen LogP contribution in [-0.2, 0) is 5.75 Å². The predicted molar refractivity (Wildman–Crippen MR) is 95.5 cm³/mol. The molecule has 4 nitrogen and oxygen atoms in total. The summed E-state index contributed by atoms with van der Waals surface area (Å²) >= 11 is 1.47. The number of para-hydroxylation sites is 2. The first kappa shape index (κ1) is 15.0. The van der Waals surface area contributed by atoms with Gasteiger partial charge in [-0.3, -0.25) is 0 Å². The number of oxazole rings is 1. The standard InChI is InChI=1S/C19H15NO3S/c1-11-7-14-13(9-18(21)22-17(14)8-12(11)2)10-24-19-20-15-5-3-4-6-16(15)23-19/h3-9H,10H2,1-2H3. The molecule has 0 spiro atoms. The molecule has 0 amide bonds. The molecule has 0 atom stereocenters. The molecule has 2 aromatic carbocycles. The molecule has 0 saturated heterocycles. The highest BCUT2D eigenvalue weighted by Crippen LogP contribution is 2.29. The highest BCUT2D eigenvalue weighted by Gasteiger charge is 2.11. The molecule has 120 valence electrons. The fraction of sp³-hybridized carbons (Fsp3) is 0.158. The summed E-state index contributed by atoms with van der Waals surface area (Å²) in [6.07, 6.45) is 0. The fourth-order valence-electron chi connectivity index (χ4n) is 2.65. The van der Waals surface area contributed by atoms with Gasteiger partial charge >= 0.3 is 5.63 Å². The average molecular weight is 337 g/mol. The van der Waals surface area contributed by atoms with Crippen molar-refractivity contribution in [3.8, 4) is 0 Å². The zero-order chi connectivity index (χ0) is 16.7. The van der Waals surface area contributed by atoms with E-state index in [0.717, 1.165) is 27.6 Å². The van der Waals surface area contributed by atoms with Gasteiger partial charge in [0.25, 0.3) is 5.22 Å². The van der Waals surface area contributed by atoms with Crippen LogP contribution in [0.2, 0.25) is 0 Å². The third-order valence-electron chi connectivity index (χ3n) is 4.07. The molecule has 2 heterocycles. The maximum atomic E-state index is 11.8. The van der Waals surface area contributed by atoms with Crippen molar-refractivity contribution >= 4 is 33.8 Å². The van der Waals surface area contributed by atoms with Crippen LogP contribution in [-0.4, -0.2) is 4.98 Å². The molecule has 0 aliphatic heterocycles. The van der Waals surface area contributed by atoms with E-state index in [9.17, 15) is 4.79 Å². The number of fused-ring (bicyclic) bond motifs is 2. The minimum absolute atomic E-state index is 0.334. The van der Waals surface area contributed by atoms with Crippen molar-refractivity contribution in [2.75, 3.05) is 0 Å². The first-order chi connectivity index (χ1) is 11.6. The summed E-state index contributed by atoms with van der Waals surface area (Å²) in [4.78, 5) is 16.3. The molecule has 5 heteroatoms. The van der Waals surface area contributed by atoms with E-state index in [0.29, 0.717) is 16.6 Å². The van der Waals surface area contributed by atoms with E-state index in [1.165, 1.54) is 17.3 Å². The van der Waals surface area contributed by atoms with E-state index in [-0.39, 0.29) is 5.63 Å². The molecular weight excluding hydrogens is 322 g/mol. The second kappa shape index (κ2) is 5.83. The molecule has 24 heavy (non-hydrogen) atoms. The molecule has 0 bridgehead atoms. The van der Waals surface area contributed by atoms with Gasteiger partial charge in [0.15, 0.2) is 5.58 Å². The summed E-state index contributed by atoms with van der Waals surface area (Å²) in [6, 6.07) is 13.2. The van der Waals surface area contributed by atoms with Crippen LogP contribution in [0, 0.1) is 13.8 Å². The van der Waals surface area contributed by atoms with Crippen LogP contribution in [0.25, 0.3) is 22.1 Å². The zero-order valence-electron chi connectivity index (χ0n) is 13.3. The zero-order valence-corrected chi connectivity index (χ0v) is 14.1. The van der Waals surface area contributed by atoms with Crippen molar-refractivity contribution in [2.24, 2.45) is 0 Å². The quantitative estimate of drug-likeness (QED) is 0.395. The number of hydrogen-bond acceptors (Lipinski definition) is 5. The van der Waals surface area contributed by atoms with Crippen LogP contribution in [0.1, 0.15) is 16.7 Å². The number of aromatic nitrogens is 1. The van der Waals surface area contributed by atoms with Crippen molar-refractivity contribution in [1.29, 1.82) is 0 Å². The van der Waals surface area contributed by atoms with E-state index >= 15 is 0 Å². The van der Waals surface area contributed by atoms with E-state index < -0.39 is 0 Å². The Morgan fingerprint density at radius 3 is 2.62 bits per heavy atom. The van der Waals surface area contributed by atoms with Gasteiger partial charge in [-0.2, -0.15) is 0 Å². The maximum absolute atomic E-state index is 11.8. The predicted octanol–water partition coefficient (Wildman–Crippen LogP) is 4.84. The summed E-state index contributed by atoms with van der Waals surface area (Å²) in [6.45, 7) is 4.06. The lowest BCUT2D eigenvalue weighted by atomic mass is 10.0. The Labute approximate surface area is 142 Å². The minimum atomic E-state index is -0.334. The molecule has 0 unspecified atom stereocenters. The van der Waals surface area contributed by atoms with Crippen LogP contribution in [0.3, 0.4) is 0 Å². The normalized spacial score (nSPS) is 11.4. The first-order valence-electron chi connectivity index (χ1n) is 7.62. The summed E-state index contributed by atoms with van der Waals surface area (Å²) in [7, 11) is 0. The van der Waals surface area contributed by atoms with Crippen molar-refractivity contribution in [1.82, 2.24) is 4.98 Å². The smallest absolute Gasteiger partial charge is 0.336 e. The molecule has 0 saturated carbocycles. The SMILES string of the molecule is Cc1cc2oc(=O)cc(CSc3nc4ccccc4o3)c2cc1C. The van der Waals surface area contributed by atoms with Crippen molar-refractivity contribution in [3.63, 3.8) is 0 Å². The lowest BCUT2D eigenvalue weighted by Gasteiger charge is -2.07. The number of benzene rings is 2. The molecule has 0 N–H and O–H groups in total. The van der Waals surface area contributed by atoms with Crippen LogP contribution in [0.5, 0.6) is 0 Å². The van der Waals surface area contributed by atoms with Gasteiger partial charge in [-0.25, -0.2) is 9.78 Å². The van der Waals surface area contributed by atoms with E-state index in [4.69, 9.17) is 8.83 Å². The molecule has 0 fully saturated rings. The Hall–Kier alpha value is -2.53. The molecule has 0 radical (unpaired) electrons. The summed E-state index contributed by atoms with van der Waals surface area (Å²) in [5.74, 6) is 0.595. The summed E-state index contributed by atoms with van der Waals surface area (Å²) in [5.41, 5.74) is 5.10. The third-order valence-corrected chi connectivity index (χ3v) is 4.95. The van der Waals surface area contributed by atoms with Gasteiger partial charge in [-0.1, -0.05) is 23.9 Å². The minimum Gasteiger partial charge on any atom is -0.431 e. The number of hydrogen-bond donors (Lipinski definition) is 0. The molecule has 2 aromatic heterocycles. The van der Waals surface area contributed by atoms with Crippen LogP contribution in [0.4, 0.5) is 0 Å². The van der Waals surface area contributed by atoms with Crippen molar-refractivity contribution in [3.05, 3.63) is 69.6 Å². The first-order valence-corrected chi connectivity index (χ1v) is 8.61. The Balaban J connectivity index is 1.71. The number of thioether (sulfide) groups is 1. The van der Waals surface area contributed by atoms with Gasteiger partial charge in [0, 0.05) is 17.2 Å². The van der Waals surface area contributed by atoms with E-state index in [1.807, 2.05) is 37.3 Å². The lowest BCUT2D eigenvalue weighted by molar-refractivity contribution is 0.489. The second-order valence-corrected chi connectivity index (χ2v) is 6.69. The van der Waals surface area contributed by atoms with Crippen molar-refractivity contribution < 1.29 is 8.83 Å². The molecular formula is C19H15NO3S. The molecule has 0 aliphatic carbocycles. The number of rotatable bonds is 3. The summed E-state index contributed by atoms with van der Waals surface area (Å²) < 4.78 is 11.1. The van der Waals surface area contributed by atoms with E-state index in [1.54, 1.807) is 6.07 Å². The van der Waals surface area contributed by atoms with Gasteiger partial charge in [0.2, 0.25) is 0 Å². The largest absolute Gasteiger partial charge is 0.431 e. The van der Waals surface area contributed by atoms with Gasteiger partial charge < -0.3 is 8.83 Å². The maximum Gasteiger partial charge on any atom is 0.336 e. The highest BCUT2D eigenvalue weighted by molar-refractivity contribution is 7.98. The molecule has 0 aliphatic rings. The fourth-order valence-corrected chi connectivity index (χ4v) is 3.48. The summed E-state index contributed by atoms with van der Waals surface area (Å²) in [5, 5.41) is 1.56. The Morgan fingerprint density at radius 1 is 1.00 bits per heavy atom. The van der Waals surface area contributed by atoms with Gasteiger partial charge in [0.05, 0.1) is 0 Å². The third kappa shape index (κ3) is 2.71. The van der Waals surface area contributed by atoms with E-state index in [2.05, 4.69) is 18.0 Å². The van der Waals surface area contributed by atoms with Gasteiger partial charge in [0.1, 0.15) is 11.1 Å². The van der Waals surface area contributed by atoms with Crippen LogP contribution in [0.15, 0.2) is 61.3 Å². The molecule has 4 aromatic rings. The Morgan fingerprint density at radius 2 is 1.79 bits per heavy atom. The molecule has 4 rings (SSSR count). The Bertz CT molecular complexity index is 1080. The Kier molecular flexibility index (Phi) is 3.65.